The molecule has 1 saturated heterocycles. The van der Waals surface area contributed by atoms with Gasteiger partial charge in [0.05, 0.1) is 5.60 Å². The minimum Gasteiger partial charge on any atom is -0.389 e. The highest BCUT2D eigenvalue weighted by molar-refractivity contribution is 4.85. The molecule has 1 N–H and O–H groups in total. The first kappa shape index (κ1) is 12.0. The summed E-state index contributed by atoms with van der Waals surface area (Å²) in [6.07, 6.45) is 8.21. The summed E-state index contributed by atoms with van der Waals surface area (Å²) < 4.78 is 0. The van der Waals surface area contributed by atoms with Crippen LogP contribution in [0, 0.1) is 0 Å². The van der Waals surface area contributed by atoms with Crippen LogP contribution in [0.1, 0.15) is 51.9 Å². The van der Waals surface area contributed by atoms with Gasteiger partial charge in [-0.15, -0.1) is 0 Å². The van der Waals surface area contributed by atoms with Gasteiger partial charge < -0.3 is 10.0 Å². The molecule has 1 aliphatic heterocycles. The van der Waals surface area contributed by atoms with E-state index in [0.29, 0.717) is 0 Å². The molecular weight excluding hydrogens is 174 g/mol. The number of likely N-dealkylation sites (tertiary alicyclic amines) is 1. The van der Waals surface area contributed by atoms with Crippen LogP contribution in [0.5, 0.6) is 0 Å². The number of nitrogens with zero attached hydrogens (tertiary/aromatic N) is 1. The zero-order valence-electron chi connectivity index (χ0n) is 9.76. The van der Waals surface area contributed by atoms with Crippen LogP contribution in [-0.4, -0.2) is 35.7 Å². The molecule has 0 aromatic carbocycles. The van der Waals surface area contributed by atoms with E-state index in [1.165, 1.54) is 25.7 Å². The maximum Gasteiger partial charge on any atom is 0.0774 e. The van der Waals surface area contributed by atoms with Crippen molar-refractivity contribution in [3.05, 3.63) is 0 Å². The molecule has 14 heavy (non-hydrogen) atoms. The van der Waals surface area contributed by atoms with Crippen molar-refractivity contribution < 1.29 is 5.11 Å². The Balaban J connectivity index is 2.19. The second-order valence-electron chi connectivity index (χ2n) is 4.88. The van der Waals surface area contributed by atoms with Crippen molar-refractivity contribution in [3.63, 3.8) is 0 Å². The molecule has 2 heteroatoms. The predicted octanol–water partition coefficient (Wildman–Crippen LogP) is 2.41. The first-order valence-corrected chi connectivity index (χ1v) is 6.07. The highest BCUT2D eigenvalue weighted by Crippen LogP contribution is 2.25. The van der Waals surface area contributed by atoms with Gasteiger partial charge in [-0.1, -0.05) is 32.6 Å². The molecule has 0 aliphatic carbocycles. The monoisotopic (exact) mass is 199 g/mol. The molecule has 1 fully saturated rings. The SMILES string of the molecule is CCCCCCC1(O)CCCN(C)C1. The van der Waals surface area contributed by atoms with Crippen molar-refractivity contribution in [2.75, 3.05) is 20.1 Å². The summed E-state index contributed by atoms with van der Waals surface area (Å²) in [4.78, 5) is 2.25. The Morgan fingerprint density at radius 1 is 1.29 bits per heavy atom. The van der Waals surface area contributed by atoms with Gasteiger partial charge in [0.25, 0.3) is 0 Å². The third-order valence-electron chi connectivity index (χ3n) is 3.24. The van der Waals surface area contributed by atoms with Crippen molar-refractivity contribution in [3.8, 4) is 0 Å². The number of hydrogen-bond acceptors (Lipinski definition) is 2. The van der Waals surface area contributed by atoms with E-state index in [9.17, 15) is 5.11 Å². The predicted molar refractivity (Wildman–Crippen MR) is 60.4 cm³/mol. The summed E-state index contributed by atoms with van der Waals surface area (Å²) in [6, 6.07) is 0. The van der Waals surface area contributed by atoms with Gasteiger partial charge in [-0.05, 0) is 32.9 Å². The topological polar surface area (TPSA) is 23.5 Å². The zero-order chi connectivity index (χ0) is 10.4. The van der Waals surface area contributed by atoms with Crippen LogP contribution >= 0.6 is 0 Å². The summed E-state index contributed by atoms with van der Waals surface area (Å²) in [7, 11) is 2.11. The minimum absolute atomic E-state index is 0.374. The van der Waals surface area contributed by atoms with E-state index in [-0.39, 0.29) is 5.60 Å². The Morgan fingerprint density at radius 3 is 2.71 bits per heavy atom. The summed E-state index contributed by atoms with van der Waals surface area (Å²) in [5.74, 6) is 0. The molecule has 0 amide bonds. The third-order valence-corrected chi connectivity index (χ3v) is 3.24. The lowest BCUT2D eigenvalue weighted by Crippen LogP contribution is -2.46. The van der Waals surface area contributed by atoms with Gasteiger partial charge in [0.2, 0.25) is 0 Å². The quantitative estimate of drug-likeness (QED) is 0.687. The van der Waals surface area contributed by atoms with E-state index in [4.69, 9.17) is 0 Å². The Kier molecular flexibility index (Phi) is 4.90. The number of likely N-dealkylation sites (N-methyl/N-ethyl adjacent to an activating group) is 1. The highest BCUT2D eigenvalue weighted by atomic mass is 16.3. The maximum absolute atomic E-state index is 10.3. The van der Waals surface area contributed by atoms with Crippen molar-refractivity contribution in [1.82, 2.24) is 4.90 Å². The van der Waals surface area contributed by atoms with E-state index in [1.54, 1.807) is 0 Å². The zero-order valence-corrected chi connectivity index (χ0v) is 9.76. The molecule has 0 spiro atoms. The molecule has 2 nitrogen and oxygen atoms in total. The largest absolute Gasteiger partial charge is 0.389 e. The molecule has 0 saturated carbocycles. The van der Waals surface area contributed by atoms with Gasteiger partial charge in [0.1, 0.15) is 0 Å². The number of unbranched alkanes of at least 4 members (excludes halogenated alkanes) is 3. The fraction of sp³-hybridized carbons (Fsp3) is 1.00. The second kappa shape index (κ2) is 5.72. The number of aliphatic hydroxyl groups is 1. The molecule has 84 valence electrons. The lowest BCUT2D eigenvalue weighted by molar-refractivity contribution is -0.0311. The van der Waals surface area contributed by atoms with Crippen LogP contribution in [0.2, 0.25) is 0 Å². The summed E-state index contributed by atoms with van der Waals surface area (Å²) in [6.45, 7) is 4.25. The van der Waals surface area contributed by atoms with Crippen LogP contribution in [0.4, 0.5) is 0 Å². The maximum atomic E-state index is 10.3. The first-order valence-electron chi connectivity index (χ1n) is 6.07. The first-order chi connectivity index (χ1) is 6.66. The van der Waals surface area contributed by atoms with Crippen LogP contribution < -0.4 is 0 Å². The van der Waals surface area contributed by atoms with Gasteiger partial charge in [0, 0.05) is 6.54 Å². The molecular formula is C12H25NO. The highest BCUT2D eigenvalue weighted by Gasteiger charge is 2.30. The average Bonchev–Trinajstić information content (AvgIpc) is 2.12. The normalized spacial score (nSPS) is 29.4. The number of rotatable bonds is 5. The smallest absolute Gasteiger partial charge is 0.0774 e. The Labute approximate surface area is 88.3 Å². The standard InChI is InChI=1S/C12H25NO/c1-3-4-5-6-8-12(14)9-7-10-13(2)11-12/h14H,3-11H2,1-2H3. The van der Waals surface area contributed by atoms with E-state index >= 15 is 0 Å². The third kappa shape index (κ3) is 3.97. The molecule has 0 bridgehead atoms. The van der Waals surface area contributed by atoms with Gasteiger partial charge in [-0.3, -0.25) is 0 Å². The summed E-state index contributed by atoms with van der Waals surface area (Å²) in [5, 5.41) is 10.3. The van der Waals surface area contributed by atoms with Crippen molar-refractivity contribution in [2.24, 2.45) is 0 Å². The van der Waals surface area contributed by atoms with Crippen LogP contribution in [-0.2, 0) is 0 Å². The Morgan fingerprint density at radius 2 is 2.07 bits per heavy atom. The van der Waals surface area contributed by atoms with Crippen LogP contribution in [0.3, 0.4) is 0 Å². The fourth-order valence-corrected chi connectivity index (χ4v) is 2.42. The molecule has 1 heterocycles. The van der Waals surface area contributed by atoms with E-state index in [2.05, 4.69) is 18.9 Å². The molecule has 0 aromatic rings. The van der Waals surface area contributed by atoms with Crippen molar-refractivity contribution >= 4 is 0 Å². The molecule has 1 aliphatic rings. The molecule has 1 unspecified atom stereocenters. The lowest BCUT2D eigenvalue weighted by Gasteiger charge is -2.37. The average molecular weight is 199 g/mol. The number of β-amino-alcohol motifs (C(OH)–C–C–N with tert-alkyl or cyclic N) is 1. The van der Waals surface area contributed by atoms with Gasteiger partial charge >= 0.3 is 0 Å². The summed E-state index contributed by atoms with van der Waals surface area (Å²) >= 11 is 0. The molecule has 1 rings (SSSR count). The van der Waals surface area contributed by atoms with E-state index in [1.807, 2.05) is 0 Å². The minimum atomic E-state index is -0.374. The van der Waals surface area contributed by atoms with E-state index in [0.717, 1.165) is 32.4 Å². The fourth-order valence-electron chi connectivity index (χ4n) is 2.42. The van der Waals surface area contributed by atoms with Crippen molar-refractivity contribution in [2.45, 2.75) is 57.5 Å². The van der Waals surface area contributed by atoms with Gasteiger partial charge in [-0.2, -0.15) is 0 Å². The molecule has 0 aromatic heterocycles. The lowest BCUT2D eigenvalue weighted by atomic mass is 9.88. The Hall–Kier alpha value is -0.0800. The van der Waals surface area contributed by atoms with Crippen LogP contribution in [0.15, 0.2) is 0 Å². The second-order valence-corrected chi connectivity index (χ2v) is 4.88. The van der Waals surface area contributed by atoms with Crippen LogP contribution in [0.25, 0.3) is 0 Å². The van der Waals surface area contributed by atoms with Gasteiger partial charge in [0.15, 0.2) is 0 Å². The Bertz CT molecular complexity index is 160. The molecule has 0 radical (unpaired) electrons. The van der Waals surface area contributed by atoms with Gasteiger partial charge in [-0.25, -0.2) is 0 Å². The number of hydrogen-bond donors (Lipinski definition) is 1. The summed E-state index contributed by atoms with van der Waals surface area (Å²) in [5.41, 5.74) is -0.374. The number of piperidine rings is 1. The van der Waals surface area contributed by atoms with E-state index < -0.39 is 0 Å². The molecule has 1 atom stereocenters. The van der Waals surface area contributed by atoms with Crippen molar-refractivity contribution in [1.29, 1.82) is 0 Å².